The van der Waals surface area contributed by atoms with Crippen molar-refractivity contribution in [3.05, 3.63) is 53.5 Å². The van der Waals surface area contributed by atoms with Crippen molar-refractivity contribution in [2.75, 3.05) is 6.54 Å². The summed E-state index contributed by atoms with van der Waals surface area (Å²) in [4.78, 5) is 12.2. The predicted octanol–water partition coefficient (Wildman–Crippen LogP) is 4.23. The molecular formula is C20H27NO3. The fourth-order valence-electron chi connectivity index (χ4n) is 2.54. The van der Waals surface area contributed by atoms with E-state index >= 15 is 0 Å². The van der Waals surface area contributed by atoms with Crippen LogP contribution in [0.25, 0.3) is 0 Å². The lowest BCUT2D eigenvalue weighted by Gasteiger charge is -2.19. The topological polar surface area (TPSA) is 51.5 Å². The third-order valence-electron chi connectivity index (χ3n) is 3.94. The van der Waals surface area contributed by atoms with Crippen LogP contribution in [-0.2, 0) is 11.2 Å². The molecule has 1 amide bonds. The van der Waals surface area contributed by atoms with Gasteiger partial charge in [0.1, 0.15) is 11.5 Å². The molecule has 4 heteroatoms. The zero-order chi connectivity index (χ0) is 17.5. The van der Waals surface area contributed by atoms with Crippen molar-refractivity contribution >= 4 is 5.91 Å². The van der Waals surface area contributed by atoms with Gasteiger partial charge < -0.3 is 14.5 Å². The van der Waals surface area contributed by atoms with Crippen LogP contribution in [0.1, 0.15) is 50.0 Å². The van der Waals surface area contributed by atoms with Crippen LogP contribution in [0, 0.1) is 6.92 Å². The largest absolute Gasteiger partial charge is 0.481 e. The summed E-state index contributed by atoms with van der Waals surface area (Å²) < 4.78 is 11.2. The van der Waals surface area contributed by atoms with E-state index in [4.69, 9.17) is 9.15 Å². The molecule has 0 aliphatic heterocycles. The predicted molar refractivity (Wildman–Crippen MR) is 95.4 cm³/mol. The molecule has 1 atom stereocenters. The summed E-state index contributed by atoms with van der Waals surface area (Å²) in [6.45, 7) is 8.66. The van der Waals surface area contributed by atoms with Gasteiger partial charge in [0.2, 0.25) is 0 Å². The van der Waals surface area contributed by atoms with Crippen molar-refractivity contribution in [3.8, 4) is 5.75 Å². The van der Waals surface area contributed by atoms with Crippen LogP contribution in [0.15, 0.2) is 41.0 Å². The van der Waals surface area contributed by atoms with Crippen molar-refractivity contribution in [1.29, 1.82) is 0 Å². The van der Waals surface area contributed by atoms with E-state index in [0.717, 1.165) is 35.5 Å². The summed E-state index contributed by atoms with van der Waals surface area (Å²) >= 11 is 0. The number of amides is 1. The molecule has 0 fully saturated rings. The van der Waals surface area contributed by atoms with E-state index in [1.54, 1.807) is 13.2 Å². The number of hydrogen-bond donors (Lipinski definition) is 1. The Morgan fingerprint density at radius 3 is 2.71 bits per heavy atom. The standard InChI is InChI=1S/C20H27NO3/c1-14(2)18-10-9-15(3)13-19(18)24-16(4)20(22)21-11-5-7-17-8-6-12-23-17/h6,8-10,12-14,16H,5,7,11H2,1-4H3,(H,21,22). The molecule has 0 aliphatic carbocycles. The van der Waals surface area contributed by atoms with E-state index in [-0.39, 0.29) is 5.91 Å². The highest BCUT2D eigenvalue weighted by Gasteiger charge is 2.17. The number of ether oxygens (including phenoxy) is 1. The van der Waals surface area contributed by atoms with Gasteiger partial charge in [0.05, 0.1) is 6.26 Å². The number of nitrogens with one attached hydrogen (secondary N) is 1. The number of hydrogen-bond acceptors (Lipinski definition) is 3. The van der Waals surface area contributed by atoms with E-state index in [0.29, 0.717) is 12.5 Å². The van der Waals surface area contributed by atoms with Gasteiger partial charge in [0.25, 0.3) is 5.91 Å². The summed E-state index contributed by atoms with van der Waals surface area (Å²) in [5.41, 5.74) is 2.25. The average molecular weight is 329 g/mol. The minimum Gasteiger partial charge on any atom is -0.481 e. The maximum Gasteiger partial charge on any atom is 0.260 e. The number of rotatable bonds is 8. The van der Waals surface area contributed by atoms with Crippen LogP contribution in [0.4, 0.5) is 0 Å². The highest BCUT2D eigenvalue weighted by Crippen LogP contribution is 2.28. The third kappa shape index (κ3) is 5.15. The average Bonchev–Trinajstić information content (AvgIpc) is 3.04. The number of carbonyl (C=O) groups is 1. The summed E-state index contributed by atoms with van der Waals surface area (Å²) in [6, 6.07) is 9.96. The minimum absolute atomic E-state index is 0.0920. The number of carbonyl (C=O) groups excluding carboxylic acids is 1. The molecule has 1 aromatic carbocycles. The molecular weight excluding hydrogens is 302 g/mol. The quantitative estimate of drug-likeness (QED) is 0.737. The van der Waals surface area contributed by atoms with Gasteiger partial charge in [-0.2, -0.15) is 0 Å². The number of aryl methyl sites for hydroxylation is 2. The van der Waals surface area contributed by atoms with Crippen LogP contribution in [-0.4, -0.2) is 18.6 Å². The maximum atomic E-state index is 12.2. The van der Waals surface area contributed by atoms with Crippen molar-refractivity contribution in [3.63, 3.8) is 0 Å². The van der Waals surface area contributed by atoms with Crippen LogP contribution >= 0.6 is 0 Å². The highest BCUT2D eigenvalue weighted by atomic mass is 16.5. The summed E-state index contributed by atoms with van der Waals surface area (Å²) in [5, 5.41) is 2.92. The van der Waals surface area contributed by atoms with Crippen LogP contribution in [0.5, 0.6) is 5.75 Å². The van der Waals surface area contributed by atoms with Gasteiger partial charge in [-0.15, -0.1) is 0 Å². The maximum absolute atomic E-state index is 12.2. The second-order valence-electron chi connectivity index (χ2n) is 6.43. The molecule has 1 aromatic heterocycles. The first-order valence-electron chi connectivity index (χ1n) is 8.54. The number of furan rings is 1. The summed E-state index contributed by atoms with van der Waals surface area (Å²) in [7, 11) is 0. The molecule has 0 spiro atoms. The Balaban J connectivity index is 1.84. The van der Waals surface area contributed by atoms with E-state index in [1.807, 2.05) is 25.1 Å². The van der Waals surface area contributed by atoms with Gasteiger partial charge >= 0.3 is 0 Å². The van der Waals surface area contributed by atoms with Crippen LogP contribution in [0.2, 0.25) is 0 Å². The van der Waals surface area contributed by atoms with Gasteiger partial charge in [-0.25, -0.2) is 0 Å². The van der Waals surface area contributed by atoms with Gasteiger partial charge in [0, 0.05) is 13.0 Å². The Bertz CT molecular complexity index is 647. The lowest BCUT2D eigenvalue weighted by molar-refractivity contribution is -0.127. The van der Waals surface area contributed by atoms with Crippen molar-refractivity contribution in [2.45, 2.75) is 52.6 Å². The van der Waals surface area contributed by atoms with E-state index in [9.17, 15) is 4.79 Å². The first-order valence-corrected chi connectivity index (χ1v) is 8.54. The number of benzene rings is 1. The molecule has 0 aliphatic rings. The highest BCUT2D eigenvalue weighted by molar-refractivity contribution is 5.80. The smallest absolute Gasteiger partial charge is 0.260 e. The Hall–Kier alpha value is -2.23. The molecule has 2 aromatic rings. The molecule has 1 N–H and O–H groups in total. The van der Waals surface area contributed by atoms with Gasteiger partial charge in [-0.3, -0.25) is 4.79 Å². The fourth-order valence-corrected chi connectivity index (χ4v) is 2.54. The Labute approximate surface area is 144 Å². The Morgan fingerprint density at radius 1 is 1.25 bits per heavy atom. The van der Waals surface area contributed by atoms with Gasteiger partial charge in [0.15, 0.2) is 6.10 Å². The Kier molecular flexibility index (Phi) is 6.47. The van der Waals surface area contributed by atoms with Crippen molar-refractivity contribution in [2.24, 2.45) is 0 Å². The van der Waals surface area contributed by atoms with E-state index in [2.05, 4.69) is 31.3 Å². The molecule has 4 nitrogen and oxygen atoms in total. The summed E-state index contributed by atoms with van der Waals surface area (Å²) in [5.74, 6) is 1.99. The van der Waals surface area contributed by atoms with E-state index in [1.165, 1.54) is 0 Å². The molecule has 130 valence electrons. The molecule has 1 heterocycles. The SMILES string of the molecule is Cc1ccc(C(C)C)c(OC(C)C(=O)NCCCc2ccco2)c1. The van der Waals surface area contributed by atoms with Crippen LogP contribution < -0.4 is 10.1 Å². The molecule has 24 heavy (non-hydrogen) atoms. The molecule has 0 saturated carbocycles. The second kappa shape index (κ2) is 8.57. The normalized spacial score (nSPS) is 12.2. The van der Waals surface area contributed by atoms with Gasteiger partial charge in [-0.1, -0.05) is 26.0 Å². The molecule has 1 unspecified atom stereocenters. The van der Waals surface area contributed by atoms with Crippen molar-refractivity contribution in [1.82, 2.24) is 5.32 Å². The second-order valence-corrected chi connectivity index (χ2v) is 6.43. The minimum atomic E-state index is -0.520. The molecule has 0 radical (unpaired) electrons. The van der Waals surface area contributed by atoms with E-state index < -0.39 is 6.10 Å². The summed E-state index contributed by atoms with van der Waals surface area (Å²) in [6.07, 6.45) is 2.80. The lowest BCUT2D eigenvalue weighted by Crippen LogP contribution is -2.37. The first-order chi connectivity index (χ1) is 11.5. The van der Waals surface area contributed by atoms with Gasteiger partial charge in [-0.05, 0) is 55.5 Å². The Morgan fingerprint density at radius 2 is 2.04 bits per heavy atom. The molecule has 0 bridgehead atoms. The monoisotopic (exact) mass is 329 g/mol. The molecule has 0 saturated heterocycles. The lowest BCUT2D eigenvalue weighted by atomic mass is 10.0. The molecule has 2 rings (SSSR count). The van der Waals surface area contributed by atoms with Crippen molar-refractivity contribution < 1.29 is 13.9 Å². The first kappa shape index (κ1) is 18.1. The zero-order valence-electron chi connectivity index (χ0n) is 15.0. The fraction of sp³-hybridized carbons (Fsp3) is 0.450. The van der Waals surface area contributed by atoms with Crippen LogP contribution in [0.3, 0.4) is 0 Å². The third-order valence-corrected chi connectivity index (χ3v) is 3.94. The zero-order valence-corrected chi connectivity index (χ0v) is 15.0.